The Morgan fingerprint density at radius 1 is 0.897 bits per heavy atom. The van der Waals surface area contributed by atoms with E-state index in [1.165, 1.54) is 21.3 Å². The Hall–Kier alpha value is -2.55. The highest BCUT2D eigenvalue weighted by atomic mass is 31.2. The van der Waals surface area contributed by atoms with Gasteiger partial charge in [0, 0.05) is 11.1 Å². The summed E-state index contributed by atoms with van der Waals surface area (Å²) in [6.45, 7) is -0.587. The minimum atomic E-state index is -4.87. The average molecular weight is 426 g/mol. The normalized spacial score (nSPS) is 11.6. The Balaban J connectivity index is 2.56. The van der Waals surface area contributed by atoms with Crippen LogP contribution in [-0.2, 0) is 17.8 Å². The van der Waals surface area contributed by atoms with E-state index in [0.717, 1.165) is 0 Å². The minimum absolute atomic E-state index is 0.0298. The Bertz CT molecular complexity index is 909. The number of benzene rings is 2. The second-order valence-corrected chi connectivity index (χ2v) is 6.98. The molecule has 9 nitrogen and oxygen atoms in total. The topological polar surface area (TPSA) is 135 Å². The third-order valence-corrected chi connectivity index (χ3v) is 4.49. The summed E-state index contributed by atoms with van der Waals surface area (Å²) in [6, 6.07) is 6.44. The van der Waals surface area contributed by atoms with Crippen molar-refractivity contribution in [2.45, 2.75) is 13.2 Å². The number of hydrogen-bond acceptors (Lipinski definition) is 7. The van der Waals surface area contributed by atoms with Crippen molar-refractivity contribution in [3.63, 3.8) is 0 Å². The molecule has 0 aliphatic heterocycles. The Morgan fingerprint density at radius 3 is 2.10 bits per heavy atom. The zero-order chi connectivity index (χ0) is 21.6. The van der Waals surface area contributed by atoms with Crippen molar-refractivity contribution in [1.29, 1.82) is 0 Å². The number of phosphoric ester groups is 1. The van der Waals surface area contributed by atoms with Crippen molar-refractivity contribution in [3.8, 4) is 23.0 Å². The van der Waals surface area contributed by atoms with Crippen LogP contribution >= 0.6 is 7.82 Å². The van der Waals surface area contributed by atoms with Crippen LogP contribution in [0.2, 0.25) is 0 Å². The van der Waals surface area contributed by atoms with Crippen LogP contribution in [0, 0.1) is 0 Å². The molecule has 10 heteroatoms. The highest BCUT2D eigenvalue weighted by molar-refractivity contribution is 7.46. The van der Waals surface area contributed by atoms with Crippen LogP contribution in [0.5, 0.6) is 23.0 Å². The van der Waals surface area contributed by atoms with Gasteiger partial charge < -0.3 is 28.9 Å². The van der Waals surface area contributed by atoms with Crippen LogP contribution in [0.15, 0.2) is 24.3 Å². The predicted molar refractivity (Wildman–Crippen MR) is 106 cm³/mol. The highest BCUT2D eigenvalue weighted by Gasteiger charge is 2.24. The summed E-state index contributed by atoms with van der Waals surface area (Å²) in [5.74, 6) is 0.488. The number of hydrogen-bond donors (Lipinski definition) is 4. The zero-order valence-electron chi connectivity index (χ0n) is 16.2. The van der Waals surface area contributed by atoms with E-state index in [1.807, 2.05) is 0 Å². The third kappa shape index (κ3) is 5.50. The van der Waals surface area contributed by atoms with Crippen molar-refractivity contribution < 1.29 is 43.3 Å². The monoisotopic (exact) mass is 426 g/mol. The average Bonchev–Trinajstić information content (AvgIpc) is 2.70. The summed E-state index contributed by atoms with van der Waals surface area (Å²) in [7, 11) is -0.707. The maximum absolute atomic E-state index is 11.4. The molecule has 0 saturated carbocycles. The van der Waals surface area contributed by atoms with Crippen molar-refractivity contribution in [1.82, 2.24) is 0 Å². The van der Waals surface area contributed by atoms with E-state index in [4.69, 9.17) is 18.7 Å². The fourth-order valence-electron chi connectivity index (χ4n) is 2.77. The Morgan fingerprint density at radius 2 is 1.59 bits per heavy atom. The number of ether oxygens (including phenoxy) is 3. The van der Waals surface area contributed by atoms with Crippen LogP contribution in [0.3, 0.4) is 0 Å². The van der Waals surface area contributed by atoms with Gasteiger partial charge in [0.15, 0.2) is 11.5 Å². The number of phosphoric acid groups is 1. The zero-order valence-corrected chi connectivity index (χ0v) is 17.1. The summed E-state index contributed by atoms with van der Waals surface area (Å²) < 4.78 is 31.8. The van der Waals surface area contributed by atoms with E-state index in [0.29, 0.717) is 28.0 Å². The van der Waals surface area contributed by atoms with Crippen molar-refractivity contribution in [2.24, 2.45) is 0 Å². The summed E-state index contributed by atoms with van der Waals surface area (Å²) in [4.78, 5) is 18.5. The quantitative estimate of drug-likeness (QED) is 0.352. The van der Waals surface area contributed by atoms with Gasteiger partial charge in [-0.05, 0) is 35.4 Å². The lowest BCUT2D eigenvalue weighted by atomic mass is 10.0. The molecule has 4 N–H and O–H groups in total. The molecule has 29 heavy (non-hydrogen) atoms. The highest BCUT2D eigenvalue weighted by Crippen LogP contribution is 2.48. The molecule has 0 aliphatic carbocycles. The van der Waals surface area contributed by atoms with Gasteiger partial charge in [-0.2, -0.15) is 0 Å². The largest absolute Gasteiger partial charge is 0.524 e. The lowest BCUT2D eigenvalue weighted by Gasteiger charge is -2.16. The standard InChI is InChI=1S/C19H23O9P/c1-25-16-7-6-13(18(19(16)27-3)28-29(22,23)24)5-4-12-8-14(10-20)15(11-21)17(9-12)26-2/h4-9,20-21H,10-11H2,1-3H3,(H2,22,23,24)/b5-4-. The Kier molecular flexibility index (Phi) is 7.66. The molecule has 0 amide bonds. The maximum atomic E-state index is 11.4. The van der Waals surface area contributed by atoms with Gasteiger partial charge in [0.2, 0.25) is 5.75 Å². The summed E-state index contributed by atoms with van der Waals surface area (Å²) in [5, 5.41) is 19.0. The van der Waals surface area contributed by atoms with Gasteiger partial charge in [0.1, 0.15) is 5.75 Å². The lowest BCUT2D eigenvalue weighted by Crippen LogP contribution is -2.00. The predicted octanol–water partition coefficient (Wildman–Crippen LogP) is 2.34. The van der Waals surface area contributed by atoms with E-state index in [-0.39, 0.29) is 30.5 Å². The lowest BCUT2D eigenvalue weighted by molar-refractivity contribution is 0.254. The summed E-state index contributed by atoms with van der Waals surface area (Å²) in [5.41, 5.74) is 1.91. The van der Waals surface area contributed by atoms with Gasteiger partial charge in [-0.15, -0.1) is 0 Å². The van der Waals surface area contributed by atoms with Crippen LogP contribution in [0.25, 0.3) is 12.2 Å². The van der Waals surface area contributed by atoms with E-state index < -0.39 is 7.82 Å². The number of methoxy groups -OCH3 is 3. The first-order valence-electron chi connectivity index (χ1n) is 8.37. The molecular formula is C19H23O9P. The molecule has 0 aliphatic rings. The van der Waals surface area contributed by atoms with E-state index in [9.17, 15) is 24.6 Å². The smallest absolute Gasteiger partial charge is 0.496 e. The van der Waals surface area contributed by atoms with Crippen LogP contribution in [0.4, 0.5) is 0 Å². The molecular weight excluding hydrogens is 403 g/mol. The third-order valence-electron chi connectivity index (χ3n) is 4.07. The molecule has 0 atom stereocenters. The fourth-order valence-corrected chi connectivity index (χ4v) is 3.20. The first-order valence-corrected chi connectivity index (χ1v) is 9.90. The number of aliphatic hydroxyl groups excluding tert-OH is 2. The van der Waals surface area contributed by atoms with Gasteiger partial charge in [-0.1, -0.05) is 12.2 Å². The molecule has 2 aromatic rings. The van der Waals surface area contributed by atoms with Crippen LogP contribution < -0.4 is 18.7 Å². The number of aliphatic hydroxyl groups is 2. The molecule has 0 bridgehead atoms. The molecule has 0 unspecified atom stereocenters. The van der Waals surface area contributed by atoms with Crippen molar-refractivity contribution in [2.75, 3.05) is 21.3 Å². The molecule has 0 heterocycles. The van der Waals surface area contributed by atoms with Crippen molar-refractivity contribution >= 4 is 20.0 Å². The summed E-state index contributed by atoms with van der Waals surface area (Å²) in [6.07, 6.45) is 3.19. The second kappa shape index (κ2) is 9.78. The van der Waals surface area contributed by atoms with E-state index >= 15 is 0 Å². The molecule has 2 rings (SSSR count). The van der Waals surface area contributed by atoms with Crippen molar-refractivity contribution in [3.05, 3.63) is 46.5 Å². The molecule has 0 saturated heterocycles. The van der Waals surface area contributed by atoms with E-state index in [2.05, 4.69) is 0 Å². The van der Waals surface area contributed by atoms with Gasteiger partial charge in [0.05, 0.1) is 34.5 Å². The maximum Gasteiger partial charge on any atom is 0.524 e. The molecule has 158 valence electrons. The fraction of sp³-hybridized carbons (Fsp3) is 0.263. The van der Waals surface area contributed by atoms with Gasteiger partial charge in [-0.3, -0.25) is 9.79 Å². The first-order chi connectivity index (χ1) is 13.8. The molecule has 0 fully saturated rings. The second-order valence-electron chi connectivity index (χ2n) is 5.81. The SMILES string of the molecule is COc1cc(/C=C\c2ccc(OC)c(OC)c2OP(=O)(O)O)cc(CO)c1CO. The molecule has 2 aromatic carbocycles. The minimum Gasteiger partial charge on any atom is -0.496 e. The Labute approximate surface area is 168 Å². The van der Waals surface area contributed by atoms with Crippen LogP contribution in [0.1, 0.15) is 22.3 Å². The summed E-state index contributed by atoms with van der Waals surface area (Å²) >= 11 is 0. The van der Waals surface area contributed by atoms with E-state index in [1.54, 1.807) is 36.4 Å². The first kappa shape index (κ1) is 22.7. The molecule has 0 radical (unpaired) electrons. The van der Waals surface area contributed by atoms with Gasteiger partial charge >= 0.3 is 7.82 Å². The van der Waals surface area contributed by atoms with Gasteiger partial charge in [0.25, 0.3) is 0 Å². The van der Waals surface area contributed by atoms with Crippen LogP contribution in [-0.4, -0.2) is 41.3 Å². The number of rotatable bonds is 9. The molecule has 0 spiro atoms. The van der Waals surface area contributed by atoms with Gasteiger partial charge in [-0.25, -0.2) is 4.57 Å². The molecule has 0 aromatic heterocycles.